The summed E-state index contributed by atoms with van der Waals surface area (Å²) in [7, 11) is 0. The minimum atomic E-state index is -0.914. The number of carbonyl (C=O) groups is 1. The summed E-state index contributed by atoms with van der Waals surface area (Å²) in [5, 5.41) is 9.21. The Balaban J connectivity index is 1.64. The Morgan fingerprint density at radius 1 is 1.14 bits per heavy atom. The van der Waals surface area contributed by atoms with Gasteiger partial charge in [-0.15, -0.1) is 0 Å². The highest BCUT2D eigenvalue weighted by atomic mass is 32.2. The van der Waals surface area contributed by atoms with E-state index in [-0.39, 0.29) is 0 Å². The molecule has 3 rings (SSSR count). The first kappa shape index (κ1) is 21.5. The van der Waals surface area contributed by atoms with Crippen LogP contribution in [0.15, 0.2) is 59.2 Å². The first-order chi connectivity index (χ1) is 14.1. The molecule has 0 radical (unpaired) electrons. The fraction of sp³-hybridized carbons (Fsp3) is 0.375. The van der Waals surface area contributed by atoms with E-state index in [1.807, 2.05) is 31.2 Å². The van der Waals surface area contributed by atoms with Gasteiger partial charge in [0, 0.05) is 10.9 Å². The van der Waals surface area contributed by atoms with Gasteiger partial charge in [0.2, 0.25) is 0 Å². The summed E-state index contributed by atoms with van der Waals surface area (Å²) >= 11 is 1.72. The fourth-order valence-electron chi connectivity index (χ4n) is 3.54. The Labute approximate surface area is 177 Å². The molecule has 0 bridgehead atoms. The third-order valence-electron chi connectivity index (χ3n) is 5.24. The molecule has 0 atom stereocenters. The van der Waals surface area contributed by atoms with E-state index in [2.05, 4.69) is 17.7 Å². The Morgan fingerprint density at radius 3 is 2.52 bits per heavy atom. The molecule has 0 saturated heterocycles. The van der Waals surface area contributed by atoms with Crippen LogP contribution in [0.3, 0.4) is 0 Å². The standard InChI is InChI=1S/C24H29NO3S/c1-3-23(29-25-22-12-4-5-13-22)17(2)28-16-18-8-6-9-19(14-18)20-10-7-11-21(15-20)24(26)27/h6-11,14-15,22,25H,3-5,12-13,16H2,1-2H3,(H,26,27)/b23-17+. The molecule has 0 heterocycles. The van der Waals surface area contributed by atoms with Crippen LogP contribution < -0.4 is 4.72 Å². The third-order valence-corrected chi connectivity index (χ3v) is 6.52. The van der Waals surface area contributed by atoms with Crippen molar-refractivity contribution in [3.8, 4) is 11.1 Å². The van der Waals surface area contributed by atoms with Crippen LogP contribution in [0, 0.1) is 0 Å². The summed E-state index contributed by atoms with van der Waals surface area (Å²) in [5.41, 5.74) is 3.24. The largest absolute Gasteiger partial charge is 0.493 e. The molecule has 2 N–H and O–H groups in total. The Morgan fingerprint density at radius 2 is 1.83 bits per heavy atom. The van der Waals surface area contributed by atoms with Crippen molar-refractivity contribution in [2.24, 2.45) is 0 Å². The van der Waals surface area contributed by atoms with Gasteiger partial charge in [-0.25, -0.2) is 4.79 Å². The molecule has 1 aliphatic rings. The highest BCUT2D eigenvalue weighted by Gasteiger charge is 2.15. The molecule has 1 fully saturated rings. The number of nitrogens with one attached hydrogen (secondary N) is 1. The van der Waals surface area contributed by atoms with Crippen LogP contribution in [-0.4, -0.2) is 17.1 Å². The summed E-state index contributed by atoms with van der Waals surface area (Å²) in [6.45, 7) is 4.68. The van der Waals surface area contributed by atoms with Crippen LogP contribution in [-0.2, 0) is 11.3 Å². The average Bonchev–Trinajstić information content (AvgIpc) is 3.26. The maximum atomic E-state index is 11.2. The van der Waals surface area contributed by atoms with Gasteiger partial charge in [0.1, 0.15) is 12.4 Å². The topological polar surface area (TPSA) is 58.6 Å². The van der Waals surface area contributed by atoms with E-state index < -0.39 is 5.97 Å². The van der Waals surface area contributed by atoms with E-state index in [1.54, 1.807) is 30.1 Å². The van der Waals surface area contributed by atoms with E-state index in [0.29, 0.717) is 18.2 Å². The van der Waals surface area contributed by atoms with Crippen molar-refractivity contribution in [3.05, 3.63) is 70.3 Å². The Bertz CT molecular complexity index is 872. The zero-order chi connectivity index (χ0) is 20.6. The predicted octanol–water partition coefficient (Wildman–Crippen LogP) is 6.39. The van der Waals surface area contributed by atoms with Crippen LogP contribution in [0.25, 0.3) is 11.1 Å². The SMILES string of the molecule is CC/C(SNC1CCCC1)=C(/C)OCc1cccc(-c2cccc(C(=O)O)c2)c1. The van der Waals surface area contributed by atoms with Crippen molar-refractivity contribution in [1.29, 1.82) is 0 Å². The molecule has 29 heavy (non-hydrogen) atoms. The van der Waals surface area contributed by atoms with Crippen molar-refractivity contribution in [2.45, 2.75) is 58.6 Å². The van der Waals surface area contributed by atoms with Crippen LogP contribution in [0.4, 0.5) is 0 Å². The second kappa shape index (κ2) is 10.5. The maximum absolute atomic E-state index is 11.2. The first-order valence-electron chi connectivity index (χ1n) is 10.2. The first-order valence-corrected chi connectivity index (χ1v) is 11.1. The van der Waals surface area contributed by atoms with Crippen LogP contribution >= 0.6 is 11.9 Å². The quantitative estimate of drug-likeness (QED) is 0.370. The molecule has 4 nitrogen and oxygen atoms in total. The summed E-state index contributed by atoms with van der Waals surface area (Å²) in [6, 6.07) is 15.7. The molecule has 2 aromatic carbocycles. The van der Waals surface area contributed by atoms with Gasteiger partial charge in [0.15, 0.2) is 0 Å². The average molecular weight is 412 g/mol. The normalized spacial score (nSPS) is 15.2. The van der Waals surface area contributed by atoms with Crippen molar-refractivity contribution >= 4 is 17.9 Å². The number of hydrogen-bond donors (Lipinski definition) is 2. The van der Waals surface area contributed by atoms with Gasteiger partial charge in [0.25, 0.3) is 0 Å². The van der Waals surface area contributed by atoms with Crippen molar-refractivity contribution in [3.63, 3.8) is 0 Å². The van der Waals surface area contributed by atoms with Gasteiger partial charge in [-0.05, 0) is 73.0 Å². The highest BCUT2D eigenvalue weighted by molar-refractivity contribution is 8.01. The molecule has 0 amide bonds. The number of ether oxygens (including phenoxy) is 1. The smallest absolute Gasteiger partial charge is 0.335 e. The van der Waals surface area contributed by atoms with E-state index in [1.165, 1.54) is 30.6 Å². The molecular formula is C24H29NO3S. The van der Waals surface area contributed by atoms with Crippen LogP contribution in [0.2, 0.25) is 0 Å². The monoisotopic (exact) mass is 411 g/mol. The molecule has 0 aromatic heterocycles. The fourth-order valence-corrected chi connectivity index (χ4v) is 4.43. The number of carboxylic acids is 1. The van der Waals surface area contributed by atoms with Crippen LogP contribution in [0.5, 0.6) is 0 Å². The second-order valence-corrected chi connectivity index (χ2v) is 8.34. The Hall–Kier alpha value is -2.24. The lowest BCUT2D eigenvalue weighted by atomic mass is 10.0. The second-order valence-electron chi connectivity index (χ2n) is 7.41. The lowest BCUT2D eigenvalue weighted by Crippen LogP contribution is -2.18. The number of aromatic carboxylic acids is 1. The Kier molecular flexibility index (Phi) is 7.78. The number of benzene rings is 2. The summed E-state index contributed by atoms with van der Waals surface area (Å²) < 4.78 is 9.66. The van der Waals surface area contributed by atoms with Gasteiger partial charge in [0.05, 0.1) is 5.56 Å². The molecule has 0 aliphatic heterocycles. The van der Waals surface area contributed by atoms with E-state index in [4.69, 9.17) is 4.74 Å². The summed E-state index contributed by atoms with van der Waals surface area (Å²) in [5.74, 6) is 0.0455. The highest BCUT2D eigenvalue weighted by Crippen LogP contribution is 2.27. The van der Waals surface area contributed by atoms with E-state index >= 15 is 0 Å². The minimum Gasteiger partial charge on any atom is -0.493 e. The molecular weight excluding hydrogens is 382 g/mol. The number of carboxylic acid groups (broad SMARTS) is 1. The lowest BCUT2D eigenvalue weighted by Gasteiger charge is -2.16. The molecule has 1 saturated carbocycles. The van der Waals surface area contributed by atoms with Crippen LogP contribution in [0.1, 0.15) is 61.9 Å². The maximum Gasteiger partial charge on any atom is 0.335 e. The summed E-state index contributed by atoms with van der Waals surface area (Å²) in [4.78, 5) is 12.5. The lowest BCUT2D eigenvalue weighted by molar-refractivity contribution is 0.0697. The van der Waals surface area contributed by atoms with Gasteiger partial charge in [-0.2, -0.15) is 0 Å². The number of hydrogen-bond acceptors (Lipinski definition) is 4. The van der Waals surface area contributed by atoms with E-state index in [0.717, 1.165) is 28.9 Å². The zero-order valence-corrected chi connectivity index (χ0v) is 17.9. The molecule has 2 aromatic rings. The molecule has 1 aliphatic carbocycles. The van der Waals surface area contributed by atoms with Gasteiger partial charge >= 0.3 is 5.97 Å². The van der Waals surface area contributed by atoms with Gasteiger partial charge < -0.3 is 9.84 Å². The predicted molar refractivity (Wildman–Crippen MR) is 120 cm³/mol. The van der Waals surface area contributed by atoms with Gasteiger partial charge in [-0.1, -0.05) is 50.1 Å². The van der Waals surface area contributed by atoms with Crippen molar-refractivity contribution in [1.82, 2.24) is 4.72 Å². The van der Waals surface area contributed by atoms with Gasteiger partial charge in [-0.3, -0.25) is 4.72 Å². The number of rotatable bonds is 9. The third kappa shape index (κ3) is 6.12. The minimum absolute atomic E-state index is 0.294. The molecule has 154 valence electrons. The number of allylic oxidation sites excluding steroid dienone is 2. The molecule has 5 heteroatoms. The van der Waals surface area contributed by atoms with Crippen molar-refractivity contribution < 1.29 is 14.6 Å². The van der Waals surface area contributed by atoms with E-state index in [9.17, 15) is 9.90 Å². The summed E-state index contributed by atoms with van der Waals surface area (Å²) in [6.07, 6.45) is 6.12. The van der Waals surface area contributed by atoms with Crippen molar-refractivity contribution in [2.75, 3.05) is 0 Å². The molecule has 0 unspecified atom stereocenters. The molecule has 0 spiro atoms. The zero-order valence-electron chi connectivity index (χ0n) is 17.1.